The van der Waals surface area contributed by atoms with Crippen LogP contribution >= 0.6 is 23.2 Å². The third-order valence-electron chi connectivity index (χ3n) is 4.27. The van der Waals surface area contributed by atoms with Crippen molar-refractivity contribution in [3.05, 3.63) is 63.6 Å². The molecule has 26 heavy (non-hydrogen) atoms. The molecule has 0 radical (unpaired) electrons. The van der Waals surface area contributed by atoms with Crippen LogP contribution in [0.5, 0.6) is 5.75 Å². The van der Waals surface area contributed by atoms with E-state index in [0.717, 1.165) is 5.56 Å². The molecule has 1 fully saturated rings. The lowest BCUT2D eigenvalue weighted by molar-refractivity contribution is -0.179. The van der Waals surface area contributed by atoms with Crippen molar-refractivity contribution in [2.45, 2.75) is 37.4 Å². The minimum absolute atomic E-state index is 0.194. The van der Waals surface area contributed by atoms with E-state index in [1.54, 1.807) is 42.5 Å². The van der Waals surface area contributed by atoms with Crippen molar-refractivity contribution < 1.29 is 24.8 Å². The highest BCUT2D eigenvalue weighted by Crippen LogP contribution is 2.33. The van der Waals surface area contributed by atoms with Gasteiger partial charge in [0.2, 0.25) is 0 Å². The average Bonchev–Trinajstić information content (AvgIpc) is 2.61. The summed E-state index contributed by atoms with van der Waals surface area (Å²) in [6.07, 6.45) is -3.08. The first kappa shape index (κ1) is 19.4. The standard InChI is InChI=1S/C19H20Cl2O5/c20-13-4-11(5-14(21)7-13)10-25-15-3-1-2-12(6-15)19-18(24)17(23)8-16(9-22)26-19/h1-7,16-19,22-24H,8-10H2/t16?,17?,18?,19-/m1/s1. The molecule has 0 aromatic heterocycles. The first-order chi connectivity index (χ1) is 12.5. The Morgan fingerprint density at radius 2 is 1.81 bits per heavy atom. The van der Waals surface area contributed by atoms with Crippen molar-refractivity contribution in [2.24, 2.45) is 0 Å². The summed E-state index contributed by atoms with van der Waals surface area (Å²) in [5, 5.41) is 30.6. The Labute approximate surface area is 161 Å². The highest BCUT2D eigenvalue weighted by atomic mass is 35.5. The second-order valence-electron chi connectivity index (χ2n) is 6.29. The van der Waals surface area contributed by atoms with E-state index in [1.807, 2.05) is 0 Å². The van der Waals surface area contributed by atoms with Gasteiger partial charge >= 0.3 is 0 Å². The van der Waals surface area contributed by atoms with Crippen LogP contribution in [0.15, 0.2) is 42.5 Å². The minimum atomic E-state index is -1.07. The Balaban J connectivity index is 1.73. The van der Waals surface area contributed by atoms with Crippen LogP contribution in [0.25, 0.3) is 0 Å². The number of halogens is 2. The number of ether oxygens (including phenoxy) is 2. The maximum Gasteiger partial charge on any atom is 0.120 e. The fourth-order valence-electron chi connectivity index (χ4n) is 2.99. The smallest absolute Gasteiger partial charge is 0.120 e. The van der Waals surface area contributed by atoms with Gasteiger partial charge in [0.1, 0.15) is 24.6 Å². The molecule has 1 saturated heterocycles. The summed E-state index contributed by atoms with van der Waals surface area (Å²) in [5.41, 5.74) is 1.49. The zero-order valence-corrected chi connectivity index (χ0v) is 15.4. The molecule has 3 unspecified atom stereocenters. The lowest BCUT2D eigenvalue weighted by Crippen LogP contribution is -2.44. The molecule has 2 aromatic carbocycles. The van der Waals surface area contributed by atoms with Crippen LogP contribution in [0.1, 0.15) is 23.7 Å². The Kier molecular flexibility index (Phi) is 6.40. The Morgan fingerprint density at radius 3 is 2.50 bits per heavy atom. The van der Waals surface area contributed by atoms with Gasteiger partial charge in [-0.25, -0.2) is 0 Å². The summed E-state index contributed by atoms with van der Waals surface area (Å²) in [6.45, 7) is 0.0612. The lowest BCUT2D eigenvalue weighted by Gasteiger charge is -2.36. The van der Waals surface area contributed by atoms with E-state index in [2.05, 4.69) is 0 Å². The molecule has 140 valence electrons. The summed E-state index contributed by atoms with van der Waals surface area (Å²) in [7, 11) is 0. The lowest BCUT2D eigenvalue weighted by atomic mass is 9.93. The fourth-order valence-corrected chi connectivity index (χ4v) is 3.56. The summed E-state index contributed by atoms with van der Waals surface area (Å²) >= 11 is 12.0. The van der Waals surface area contributed by atoms with Crippen LogP contribution in [0.2, 0.25) is 10.0 Å². The molecule has 1 heterocycles. The molecule has 1 aliphatic rings. The van der Waals surface area contributed by atoms with E-state index in [9.17, 15) is 15.3 Å². The third kappa shape index (κ3) is 4.68. The third-order valence-corrected chi connectivity index (χ3v) is 4.70. The molecule has 3 rings (SSSR count). The van der Waals surface area contributed by atoms with Gasteiger partial charge in [-0.1, -0.05) is 35.3 Å². The van der Waals surface area contributed by atoms with E-state index in [0.29, 0.717) is 21.4 Å². The number of hydrogen-bond donors (Lipinski definition) is 3. The summed E-state index contributed by atoms with van der Waals surface area (Å²) in [5.74, 6) is 0.579. The molecule has 0 aliphatic carbocycles. The van der Waals surface area contributed by atoms with E-state index in [4.69, 9.17) is 32.7 Å². The van der Waals surface area contributed by atoms with Crippen LogP contribution in [0.4, 0.5) is 0 Å². The van der Waals surface area contributed by atoms with Gasteiger partial charge in [-0.2, -0.15) is 0 Å². The average molecular weight is 399 g/mol. The molecule has 5 nitrogen and oxygen atoms in total. The molecule has 4 atom stereocenters. The molecular formula is C19H20Cl2O5. The fraction of sp³-hybridized carbons (Fsp3) is 0.368. The molecule has 0 bridgehead atoms. The number of aliphatic hydroxyl groups excluding tert-OH is 3. The van der Waals surface area contributed by atoms with Crippen LogP contribution in [-0.4, -0.2) is 40.2 Å². The molecule has 3 N–H and O–H groups in total. The van der Waals surface area contributed by atoms with Crippen molar-refractivity contribution in [3.8, 4) is 5.75 Å². The van der Waals surface area contributed by atoms with E-state index in [-0.39, 0.29) is 19.6 Å². The van der Waals surface area contributed by atoms with Crippen molar-refractivity contribution in [1.29, 1.82) is 0 Å². The maximum absolute atomic E-state index is 10.2. The van der Waals surface area contributed by atoms with Gasteiger partial charge in [0.15, 0.2) is 0 Å². The largest absolute Gasteiger partial charge is 0.489 e. The van der Waals surface area contributed by atoms with Gasteiger partial charge < -0.3 is 24.8 Å². The predicted octanol–water partition coefficient (Wildman–Crippen LogP) is 3.12. The van der Waals surface area contributed by atoms with Crippen LogP contribution in [-0.2, 0) is 11.3 Å². The molecule has 7 heteroatoms. The van der Waals surface area contributed by atoms with Gasteiger partial charge in [-0.05, 0) is 41.5 Å². The summed E-state index contributed by atoms with van der Waals surface area (Å²) in [4.78, 5) is 0. The molecule has 0 spiro atoms. The van der Waals surface area contributed by atoms with Crippen LogP contribution < -0.4 is 4.74 Å². The predicted molar refractivity (Wildman–Crippen MR) is 98.6 cm³/mol. The van der Waals surface area contributed by atoms with Crippen molar-refractivity contribution >= 4 is 23.2 Å². The van der Waals surface area contributed by atoms with Gasteiger partial charge in [0, 0.05) is 16.5 Å². The highest BCUT2D eigenvalue weighted by molar-refractivity contribution is 6.34. The van der Waals surface area contributed by atoms with E-state index < -0.39 is 24.4 Å². The summed E-state index contributed by atoms with van der Waals surface area (Å²) < 4.78 is 11.5. The quantitative estimate of drug-likeness (QED) is 0.720. The minimum Gasteiger partial charge on any atom is -0.489 e. The first-order valence-corrected chi connectivity index (χ1v) is 9.02. The van der Waals surface area contributed by atoms with E-state index >= 15 is 0 Å². The molecule has 0 saturated carbocycles. The molecule has 0 amide bonds. The number of aliphatic hydroxyl groups is 3. The molecular weight excluding hydrogens is 379 g/mol. The Hall–Kier alpha value is -1.34. The number of benzene rings is 2. The van der Waals surface area contributed by atoms with Gasteiger partial charge in [0.25, 0.3) is 0 Å². The Morgan fingerprint density at radius 1 is 1.08 bits per heavy atom. The van der Waals surface area contributed by atoms with Crippen molar-refractivity contribution in [2.75, 3.05) is 6.61 Å². The van der Waals surface area contributed by atoms with E-state index in [1.165, 1.54) is 0 Å². The van der Waals surface area contributed by atoms with Gasteiger partial charge in [-0.15, -0.1) is 0 Å². The summed E-state index contributed by atoms with van der Waals surface area (Å²) in [6, 6.07) is 12.3. The number of hydrogen-bond acceptors (Lipinski definition) is 5. The maximum atomic E-state index is 10.2. The van der Waals surface area contributed by atoms with Crippen LogP contribution in [0, 0.1) is 0 Å². The highest BCUT2D eigenvalue weighted by Gasteiger charge is 2.37. The van der Waals surface area contributed by atoms with Crippen molar-refractivity contribution in [3.63, 3.8) is 0 Å². The zero-order valence-electron chi connectivity index (χ0n) is 13.9. The normalized spacial score (nSPS) is 25.9. The monoisotopic (exact) mass is 398 g/mol. The zero-order chi connectivity index (χ0) is 18.7. The molecule has 2 aromatic rings. The van der Waals surface area contributed by atoms with Gasteiger partial charge in [-0.3, -0.25) is 0 Å². The first-order valence-electron chi connectivity index (χ1n) is 8.26. The Bertz CT molecular complexity index is 734. The van der Waals surface area contributed by atoms with Crippen molar-refractivity contribution in [1.82, 2.24) is 0 Å². The SMILES string of the molecule is OCC1CC(O)C(O)[C@@H](c2cccc(OCc3cc(Cl)cc(Cl)c3)c2)O1. The number of rotatable bonds is 5. The second-order valence-corrected chi connectivity index (χ2v) is 7.17. The molecule has 1 aliphatic heterocycles. The second kappa shape index (κ2) is 8.57. The topological polar surface area (TPSA) is 79.2 Å². The van der Waals surface area contributed by atoms with Gasteiger partial charge in [0.05, 0.1) is 18.8 Å². The van der Waals surface area contributed by atoms with Crippen LogP contribution in [0.3, 0.4) is 0 Å².